The monoisotopic (exact) mass is 429 g/mol. The number of carbonyl (C=O) groups is 1. The molecule has 4 rings (SSSR count). The molecule has 3 aromatic rings. The van der Waals surface area contributed by atoms with E-state index in [4.69, 9.17) is 39.5 Å². The van der Waals surface area contributed by atoms with Crippen LogP contribution in [0.4, 0.5) is 5.69 Å². The molecule has 1 N–H and O–H groups in total. The van der Waals surface area contributed by atoms with Gasteiger partial charge in [0, 0.05) is 21.8 Å². The third-order valence-corrected chi connectivity index (χ3v) is 5.15. The number of anilines is 1. The molecule has 3 nitrogen and oxygen atoms in total. The molecular formula is C22H14Cl3NO2. The smallest absolute Gasteiger partial charge is 0.256 e. The molecule has 0 aliphatic carbocycles. The van der Waals surface area contributed by atoms with E-state index in [-0.39, 0.29) is 5.91 Å². The minimum Gasteiger partial charge on any atom is -0.486 e. The van der Waals surface area contributed by atoms with Gasteiger partial charge < -0.3 is 10.1 Å². The number of hydrogen-bond acceptors (Lipinski definition) is 2. The molecule has 0 saturated carbocycles. The highest BCUT2D eigenvalue weighted by molar-refractivity contribution is 6.38. The summed E-state index contributed by atoms with van der Waals surface area (Å²) >= 11 is 18.7. The Bertz CT molecular complexity index is 1070. The fourth-order valence-corrected chi connectivity index (χ4v) is 3.72. The molecule has 0 spiro atoms. The lowest BCUT2D eigenvalue weighted by Gasteiger charge is -2.11. The van der Waals surface area contributed by atoms with E-state index in [0.717, 1.165) is 22.4 Å². The van der Waals surface area contributed by atoms with Crippen molar-refractivity contribution in [3.05, 3.63) is 92.4 Å². The fraction of sp³-hybridized carbons (Fsp3) is 0.0455. The zero-order valence-corrected chi connectivity index (χ0v) is 16.8. The first-order valence-corrected chi connectivity index (χ1v) is 9.63. The molecule has 28 heavy (non-hydrogen) atoms. The van der Waals surface area contributed by atoms with Crippen LogP contribution in [0.2, 0.25) is 15.1 Å². The molecule has 0 atom stereocenters. The van der Waals surface area contributed by atoms with Crippen LogP contribution in [0.15, 0.2) is 60.7 Å². The SMILES string of the molecule is O=C1Nc2ccccc2C1=Cc1cc(Cl)c(OCc2ccc(Cl)cc2)c(Cl)c1. The first-order valence-electron chi connectivity index (χ1n) is 8.50. The van der Waals surface area contributed by atoms with Crippen molar-refractivity contribution >= 4 is 58.0 Å². The summed E-state index contributed by atoms with van der Waals surface area (Å²) in [6.07, 6.45) is 1.77. The van der Waals surface area contributed by atoms with Crippen LogP contribution in [0.25, 0.3) is 11.6 Å². The van der Waals surface area contributed by atoms with E-state index in [9.17, 15) is 4.79 Å². The minimum absolute atomic E-state index is 0.156. The molecule has 1 heterocycles. The number of nitrogens with one attached hydrogen (secondary N) is 1. The fourth-order valence-electron chi connectivity index (χ4n) is 2.99. The highest BCUT2D eigenvalue weighted by Crippen LogP contribution is 2.37. The Morgan fingerprint density at radius 2 is 1.61 bits per heavy atom. The summed E-state index contributed by atoms with van der Waals surface area (Å²) in [6.45, 7) is 0.312. The topological polar surface area (TPSA) is 38.3 Å². The van der Waals surface area contributed by atoms with Gasteiger partial charge in [-0.2, -0.15) is 0 Å². The van der Waals surface area contributed by atoms with Gasteiger partial charge in [-0.15, -0.1) is 0 Å². The molecule has 1 aliphatic rings. The van der Waals surface area contributed by atoms with E-state index in [2.05, 4.69) is 5.32 Å². The third kappa shape index (κ3) is 3.88. The Morgan fingerprint density at radius 3 is 2.32 bits per heavy atom. The van der Waals surface area contributed by atoms with Crippen LogP contribution in [-0.4, -0.2) is 5.91 Å². The minimum atomic E-state index is -0.156. The molecule has 1 aliphatic heterocycles. The number of amides is 1. The predicted molar refractivity (Wildman–Crippen MR) is 115 cm³/mol. The molecule has 1 amide bonds. The van der Waals surface area contributed by atoms with Gasteiger partial charge in [0.05, 0.1) is 10.0 Å². The van der Waals surface area contributed by atoms with E-state index in [1.807, 2.05) is 36.4 Å². The molecule has 0 bridgehead atoms. The first kappa shape index (κ1) is 18.9. The predicted octanol–water partition coefficient (Wildman–Crippen LogP) is 6.72. The van der Waals surface area contributed by atoms with Crippen molar-refractivity contribution < 1.29 is 9.53 Å². The van der Waals surface area contributed by atoms with E-state index >= 15 is 0 Å². The second-order valence-electron chi connectivity index (χ2n) is 6.29. The van der Waals surface area contributed by atoms with Gasteiger partial charge in [0.1, 0.15) is 6.61 Å². The zero-order chi connectivity index (χ0) is 19.7. The summed E-state index contributed by atoms with van der Waals surface area (Å²) in [6, 6.07) is 18.3. The van der Waals surface area contributed by atoms with Gasteiger partial charge in [-0.1, -0.05) is 65.1 Å². The van der Waals surface area contributed by atoms with Crippen molar-refractivity contribution in [2.75, 3.05) is 5.32 Å². The molecule has 0 saturated heterocycles. The Hall–Kier alpha value is -2.46. The van der Waals surface area contributed by atoms with E-state index < -0.39 is 0 Å². The van der Waals surface area contributed by atoms with Gasteiger partial charge in [-0.3, -0.25) is 4.79 Å². The molecule has 3 aromatic carbocycles. The van der Waals surface area contributed by atoms with Crippen LogP contribution >= 0.6 is 34.8 Å². The van der Waals surface area contributed by atoms with Gasteiger partial charge in [0.25, 0.3) is 5.91 Å². The molecular weight excluding hydrogens is 417 g/mol. The van der Waals surface area contributed by atoms with Gasteiger partial charge in [0.2, 0.25) is 0 Å². The van der Waals surface area contributed by atoms with Crippen LogP contribution in [0, 0.1) is 0 Å². The lowest BCUT2D eigenvalue weighted by molar-refractivity contribution is -0.110. The largest absolute Gasteiger partial charge is 0.486 e. The molecule has 0 fully saturated rings. The normalized spacial score (nSPS) is 14.1. The summed E-state index contributed by atoms with van der Waals surface area (Å²) in [5.41, 5.74) is 3.87. The highest BCUT2D eigenvalue weighted by Gasteiger charge is 2.23. The Kier molecular flexibility index (Phi) is 5.31. The Balaban J connectivity index is 1.59. The van der Waals surface area contributed by atoms with Crippen molar-refractivity contribution in [3.8, 4) is 5.75 Å². The maximum absolute atomic E-state index is 12.3. The number of benzene rings is 3. The van der Waals surface area contributed by atoms with Crippen LogP contribution in [0.3, 0.4) is 0 Å². The van der Waals surface area contributed by atoms with Gasteiger partial charge >= 0.3 is 0 Å². The summed E-state index contributed by atoms with van der Waals surface area (Å²) in [5, 5.41) is 4.26. The van der Waals surface area contributed by atoms with Crippen LogP contribution < -0.4 is 10.1 Å². The van der Waals surface area contributed by atoms with Gasteiger partial charge in [-0.05, 0) is 47.5 Å². The second-order valence-corrected chi connectivity index (χ2v) is 7.54. The highest BCUT2D eigenvalue weighted by atomic mass is 35.5. The van der Waals surface area contributed by atoms with Crippen molar-refractivity contribution in [1.82, 2.24) is 0 Å². The standard InChI is InChI=1S/C22H14Cl3NO2/c23-15-7-5-13(6-8-15)12-28-21-18(24)10-14(11-19(21)25)9-17-16-3-1-2-4-20(16)26-22(17)27/h1-11H,12H2,(H,26,27). The number of rotatable bonds is 4. The average Bonchev–Trinajstić information content (AvgIpc) is 2.98. The maximum Gasteiger partial charge on any atom is 0.256 e. The maximum atomic E-state index is 12.3. The second kappa shape index (κ2) is 7.88. The molecule has 140 valence electrons. The molecule has 0 radical (unpaired) electrons. The van der Waals surface area contributed by atoms with Crippen molar-refractivity contribution in [1.29, 1.82) is 0 Å². The number of halogens is 3. The van der Waals surface area contributed by atoms with E-state index in [1.165, 1.54) is 0 Å². The van der Waals surface area contributed by atoms with Crippen molar-refractivity contribution in [3.63, 3.8) is 0 Å². The number of fused-ring (bicyclic) bond motifs is 1. The zero-order valence-electron chi connectivity index (χ0n) is 14.5. The Labute approximate surface area is 177 Å². The van der Waals surface area contributed by atoms with Gasteiger partial charge in [0.15, 0.2) is 5.75 Å². The first-order chi connectivity index (χ1) is 13.5. The van der Waals surface area contributed by atoms with Crippen LogP contribution in [0.1, 0.15) is 16.7 Å². The quantitative estimate of drug-likeness (QED) is 0.467. The number of carbonyl (C=O) groups excluding carboxylic acids is 1. The van der Waals surface area contributed by atoms with Gasteiger partial charge in [-0.25, -0.2) is 0 Å². The molecule has 6 heteroatoms. The number of ether oxygens (including phenoxy) is 1. The summed E-state index contributed by atoms with van der Waals surface area (Å²) in [7, 11) is 0. The van der Waals surface area contributed by atoms with Crippen LogP contribution in [0.5, 0.6) is 5.75 Å². The number of hydrogen-bond donors (Lipinski definition) is 1. The van der Waals surface area contributed by atoms with E-state index in [0.29, 0.717) is 33.0 Å². The van der Waals surface area contributed by atoms with Crippen molar-refractivity contribution in [2.45, 2.75) is 6.61 Å². The Morgan fingerprint density at radius 1 is 0.929 bits per heavy atom. The average molecular weight is 431 g/mol. The molecule has 0 unspecified atom stereocenters. The van der Waals surface area contributed by atoms with Crippen molar-refractivity contribution in [2.24, 2.45) is 0 Å². The molecule has 0 aromatic heterocycles. The van der Waals surface area contributed by atoms with E-state index in [1.54, 1.807) is 30.3 Å². The lowest BCUT2D eigenvalue weighted by Crippen LogP contribution is -2.03. The lowest BCUT2D eigenvalue weighted by atomic mass is 10.0. The summed E-state index contributed by atoms with van der Waals surface area (Å²) in [4.78, 5) is 12.3. The third-order valence-electron chi connectivity index (χ3n) is 4.34. The summed E-state index contributed by atoms with van der Waals surface area (Å²) in [5.74, 6) is 0.244. The number of para-hydroxylation sites is 1. The summed E-state index contributed by atoms with van der Waals surface area (Å²) < 4.78 is 5.79. The van der Waals surface area contributed by atoms with Crippen LogP contribution in [-0.2, 0) is 11.4 Å².